The summed E-state index contributed by atoms with van der Waals surface area (Å²) in [4.78, 5) is 4.07. The number of hydrogen-bond acceptors (Lipinski definition) is 2. The van der Waals surface area contributed by atoms with Gasteiger partial charge in [0.1, 0.15) is 12.5 Å². The van der Waals surface area contributed by atoms with Crippen LogP contribution in [0.2, 0.25) is 0 Å². The number of nitrogens with zero attached hydrogens (tertiary/aromatic N) is 3. The van der Waals surface area contributed by atoms with Gasteiger partial charge in [0.05, 0.1) is 0 Å². The summed E-state index contributed by atoms with van der Waals surface area (Å²) >= 11 is 0. The molecule has 2 rings (SSSR count). The summed E-state index contributed by atoms with van der Waals surface area (Å²) in [6.45, 7) is 2.08. The first-order valence-corrected chi connectivity index (χ1v) is 3.40. The Morgan fingerprint density at radius 3 is 3.27 bits per heavy atom. The monoisotopic (exact) mass is 153 g/mol. The molecule has 0 fully saturated rings. The van der Waals surface area contributed by atoms with E-state index in [0.717, 1.165) is 11.4 Å². The first kappa shape index (κ1) is 6.39. The van der Waals surface area contributed by atoms with Gasteiger partial charge in [-0.2, -0.15) is 5.12 Å². The minimum absolute atomic E-state index is 0.243. The average Bonchev–Trinajstić information content (AvgIpc) is 2.34. The molecule has 2 heterocycles. The van der Waals surface area contributed by atoms with Gasteiger partial charge in [-0.1, -0.05) is 4.48 Å². The van der Waals surface area contributed by atoms with Crippen molar-refractivity contribution in [1.82, 2.24) is 14.7 Å². The molecule has 1 aromatic heterocycles. The smallest absolute Gasteiger partial charge is 0.138 e. The van der Waals surface area contributed by atoms with Crippen molar-refractivity contribution in [3.05, 3.63) is 24.4 Å². The molecule has 0 bridgehead atoms. The first-order valence-electron chi connectivity index (χ1n) is 3.40. The number of halogens is 1. The predicted molar refractivity (Wildman–Crippen MR) is 38.8 cm³/mol. The van der Waals surface area contributed by atoms with Crippen molar-refractivity contribution >= 4 is 5.57 Å². The van der Waals surface area contributed by atoms with Crippen LogP contribution in [0.1, 0.15) is 12.7 Å². The van der Waals surface area contributed by atoms with Gasteiger partial charge in [0, 0.05) is 24.2 Å². The molecule has 58 valence electrons. The third-order valence-electron chi connectivity index (χ3n) is 1.69. The summed E-state index contributed by atoms with van der Waals surface area (Å²) in [5.41, 5.74) is 0.851. The molecule has 0 aromatic carbocycles. The molecule has 11 heavy (non-hydrogen) atoms. The van der Waals surface area contributed by atoms with Crippen molar-refractivity contribution in [2.24, 2.45) is 0 Å². The van der Waals surface area contributed by atoms with Crippen molar-refractivity contribution in [2.45, 2.75) is 13.6 Å². The van der Waals surface area contributed by atoms with Crippen LogP contribution in [0.15, 0.2) is 18.6 Å². The lowest BCUT2D eigenvalue weighted by molar-refractivity contribution is 0.0482. The van der Waals surface area contributed by atoms with Crippen molar-refractivity contribution in [3.63, 3.8) is 0 Å². The van der Waals surface area contributed by atoms with Crippen molar-refractivity contribution in [1.29, 1.82) is 0 Å². The van der Waals surface area contributed by atoms with E-state index in [-0.39, 0.29) is 6.67 Å². The highest BCUT2D eigenvalue weighted by atomic mass is 19.2. The molecule has 0 radical (unpaired) electrons. The Morgan fingerprint density at radius 2 is 2.45 bits per heavy atom. The number of imidazole rings is 1. The Morgan fingerprint density at radius 1 is 1.64 bits per heavy atom. The fraction of sp³-hybridized carbons (Fsp3) is 0.286. The van der Waals surface area contributed by atoms with Crippen LogP contribution in [-0.4, -0.2) is 14.7 Å². The van der Waals surface area contributed by atoms with Gasteiger partial charge in [-0.3, -0.25) is 0 Å². The largest absolute Gasteiger partial charge is 0.310 e. The quantitative estimate of drug-likeness (QED) is 0.525. The van der Waals surface area contributed by atoms with Gasteiger partial charge in [0.25, 0.3) is 0 Å². The van der Waals surface area contributed by atoms with Gasteiger partial charge in [-0.25, -0.2) is 4.98 Å². The molecule has 0 spiro atoms. The summed E-state index contributed by atoms with van der Waals surface area (Å²) in [5.74, 6) is 0.846. The molecule has 0 saturated carbocycles. The van der Waals surface area contributed by atoms with Gasteiger partial charge in [0.15, 0.2) is 0 Å². The Balaban J connectivity index is 2.50. The zero-order valence-electron chi connectivity index (χ0n) is 6.16. The summed E-state index contributed by atoms with van der Waals surface area (Å²) in [5, 5.41) is 0.643. The second-order valence-electron chi connectivity index (χ2n) is 2.57. The molecular formula is C7H8FN3. The molecule has 3 nitrogen and oxygen atoms in total. The van der Waals surface area contributed by atoms with Crippen LogP contribution in [-0.2, 0) is 6.67 Å². The second kappa shape index (κ2) is 2.08. The van der Waals surface area contributed by atoms with E-state index in [9.17, 15) is 4.48 Å². The maximum absolute atomic E-state index is 12.7. The van der Waals surface area contributed by atoms with Crippen LogP contribution >= 0.6 is 0 Å². The van der Waals surface area contributed by atoms with Gasteiger partial charge < -0.3 is 4.57 Å². The second-order valence-corrected chi connectivity index (χ2v) is 2.57. The summed E-state index contributed by atoms with van der Waals surface area (Å²) in [6, 6.07) is 0. The SMILES string of the molecule is CC1=CN(F)Cn2ccnc21. The normalized spacial score (nSPS) is 16.2. The predicted octanol–water partition coefficient (Wildman–Crippen LogP) is 1.40. The van der Waals surface area contributed by atoms with Crippen molar-refractivity contribution in [2.75, 3.05) is 0 Å². The van der Waals surface area contributed by atoms with E-state index in [1.807, 2.05) is 6.92 Å². The van der Waals surface area contributed by atoms with Crippen LogP contribution in [0.5, 0.6) is 0 Å². The average molecular weight is 153 g/mol. The van der Waals surface area contributed by atoms with Crippen molar-refractivity contribution < 1.29 is 4.48 Å². The summed E-state index contributed by atoms with van der Waals surface area (Å²) < 4.78 is 14.5. The Hall–Kier alpha value is -1.32. The van der Waals surface area contributed by atoms with E-state index in [1.165, 1.54) is 6.20 Å². The van der Waals surface area contributed by atoms with Gasteiger partial charge in [0.2, 0.25) is 0 Å². The molecule has 0 atom stereocenters. The summed E-state index contributed by atoms with van der Waals surface area (Å²) in [7, 11) is 0. The third kappa shape index (κ3) is 0.906. The van der Waals surface area contributed by atoms with Crippen LogP contribution in [0, 0.1) is 0 Å². The van der Waals surface area contributed by atoms with E-state index in [4.69, 9.17) is 0 Å². The lowest BCUT2D eigenvalue weighted by Gasteiger charge is -2.18. The molecule has 1 aliphatic rings. The Labute approximate surface area is 63.7 Å². The molecule has 1 aromatic rings. The molecular weight excluding hydrogens is 145 g/mol. The van der Waals surface area contributed by atoms with Gasteiger partial charge >= 0.3 is 0 Å². The van der Waals surface area contributed by atoms with Crippen LogP contribution in [0.4, 0.5) is 4.48 Å². The fourth-order valence-electron chi connectivity index (χ4n) is 1.23. The number of rotatable bonds is 0. The lowest BCUT2D eigenvalue weighted by Crippen LogP contribution is -2.18. The Bertz CT molecular complexity index is 302. The number of allylic oxidation sites excluding steroid dienone is 1. The highest BCUT2D eigenvalue weighted by molar-refractivity contribution is 5.58. The maximum Gasteiger partial charge on any atom is 0.138 e. The topological polar surface area (TPSA) is 21.1 Å². The van der Waals surface area contributed by atoms with Crippen LogP contribution < -0.4 is 0 Å². The highest BCUT2D eigenvalue weighted by Crippen LogP contribution is 2.18. The molecule has 0 unspecified atom stereocenters. The number of fused-ring (bicyclic) bond motifs is 1. The molecule has 0 N–H and O–H groups in total. The van der Waals surface area contributed by atoms with E-state index in [2.05, 4.69) is 4.98 Å². The van der Waals surface area contributed by atoms with Gasteiger partial charge in [-0.05, 0) is 6.92 Å². The fourth-order valence-corrected chi connectivity index (χ4v) is 1.23. The molecule has 4 heteroatoms. The van der Waals surface area contributed by atoms with Crippen LogP contribution in [0.3, 0.4) is 0 Å². The van der Waals surface area contributed by atoms with E-state index in [1.54, 1.807) is 17.0 Å². The van der Waals surface area contributed by atoms with Crippen molar-refractivity contribution in [3.8, 4) is 0 Å². The molecule has 0 aliphatic carbocycles. The molecule has 0 amide bonds. The maximum atomic E-state index is 12.7. The van der Waals surface area contributed by atoms with Crippen LogP contribution in [0.25, 0.3) is 5.57 Å². The minimum atomic E-state index is 0.243. The lowest BCUT2D eigenvalue weighted by atomic mass is 10.3. The minimum Gasteiger partial charge on any atom is -0.310 e. The molecule has 1 aliphatic heterocycles. The number of hydrogen-bond donors (Lipinski definition) is 0. The van der Waals surface area contributed by atoms with E-state index in [0.29, 0.717) is 5.12 Å². The zero-order chi connectivity index (χ0) is 7.84. The molecule has 0 saturated heterocycles. The van der Waals surface area contributed by atoms with E-state index >= 15 is 0 Å². The van der Waals surface area contributed by atoms with E-state index < -0.39 is 0 Å². The number of aromatic nitrogens is 2. The summed E-state index contributed by atoms with van der Waals surface area (Å²) in [6.07, 6.45) is 4.88. The standard InChI is InChI=1S/C7H8FN3/c1-6-4-11(8)5-10-3-2-9-7(6)10/h2-4H,5H2,1H3. The Kier molecular flexibility index (Phi) is 1.21. The van der Waals surface area contributed by atoms with Gasteiger partial charge in [-0.15, -0.1) is 0 Å². The first-order chi connectivity index (χ1) is 5.27. The zero-order valence-corrected chi connectivity index (χ0v) is 6.16. The highest BCUT2D eigenvalue weighted by Gasteiger charge is 2.13. The third-order valence-corrected chi connectivity index (χ3v) is 1.69.